The van der Waals surface area contributed by atoms with E-state index in [1.54, 1.807) is 45.0 Å². The highest BCUT2D eigenvalue weighted by atomic mass is 32.2. The Labute approximate surface area is 218 Å². The van der Waals surface area contributed by atoms with Gasteiger partial charge in [0.05, 0.1) is 12.1 Å². The highest BCUT2D eigenvalue weighted by molar-refractivity contribution is 7.86. The van der Waals surface area contributed by atoms with Gasteiger partial charge in [-0.15, -0.1) is 0 Å². The van der Waals surface area contributed by atoms with Gasteiger partial charge in [0.25, 0.3) is 0 Å². The van der Waals surface area contributed by atoms with Gasteiger partial charge in [-0.25, -0.2) is 4.98 Å². The topological polar surface area (TPSA) is 102 Å². The number of benzene rings is 2. The van der Waals surface area contributed by atoms with E-state index in [1.165, 1.54) is 19.2 Å². The van der Waals surface area contributed by atoms with Crippen LogP contribution in [0.1, 0.15) is 43.4 Å². The van der Waals surface area contributed by atoms with Crippen LogP contribution in [0.15, 0.2) is 52.9 Å². The quantitative estimate of drug-likeness (QED) is 0.320. The number of halogens is 3. The number of carbonyl (C=O) groups is 1. The minimum absolute atomic E-state index is 0.0124. The summed E-state index contributed by atoms with van der Waals surface area (Å²) in [5, 5.41) is 0. The van der Waals surface area contributed by atoms with E-state index in [4.69, 9.17) is 14.0 Å². The van der Waals surface area contributed by atoms with E-state index in [2.05, 4.69) is 4.98 Å². The Morgan fingerprint density at radius 2 is 1.79 bits per heavy atom. The fraction of sp³-hybridized carbons (Fsp3) is 0.360. The molecular weight excluding hydrogens is 527 g/mol. The average molecular weight is 556 g/mol. The van der Waals surface area contributed by atoms with Gasteiger partial charge in [0.1, 0.15) is 23.8 Å². The molecule has 0 unspecified atom stereocenters. The molecule has 0 atom stereocenters. The van der Waals surface area contributed by atoms with Crippen LogP contribution >= 0.6 is 0 Å². The number of hydrogen-bond donors (Lipinski definition) is 0. The molecule has 0 N–H and O–H groups in total. The molecular formula is C25H28F3N3O6S. The largest absolute Gasteiger partial charge is 0.487 e. The molecule has 0 amide bonds. The van der Waals surface area contributed by atoms with Crippen LogP contribution < -0.4 is 4.74 Å². The number of alkyl halides is 3. The molecule has 0 spiro atoms. The second-order valence-electron chi connectivity index (χ2n) is 8.69. The van der Waals surface area contributed by atoms with Gasteiger partial charge in [0.2, 0.25) is 5.89 Å². The Kier molecular flexibility index (Phi) is 8.85. The maximum atomic E-state index is 12.9. The van der Waals surface area contributed by atoms with E-state index >= 15 is 0 Å². The van der Waals surface area contributed by atoms with Gasteiger partial charge >= 0.3 is 22.4 Å². The molecule has 0 aliphatic carbocycles. The van der Waals surface area contributed by atoms with Crippen LogP contribution in [-0.4, -0.2) is 41.2 Å². The van der Waals surface area contributed by atoms with Gasteiger partial charge in [0, 0.05) is 25.6 Å². The van der Waals surface area contributed by atoms with Crippen molar-refractivity contribution in [1.82, 2.24) is 13.8 Å². The molecule has 0 aliphatic rings. The predicted octanol–water partition coefficient (Wildman–Crippen LogP) is 5.11. The van der Waals surface area contributed by atoms with Crippen molar-refractivity contribution in [2.45, 2.75) is 53.1 Å². The van der Waals surface area contributed by atoms with Gasteiger partial charge < -0.3 is 14.0 Å². The molecule has 0 saturated carbocycles. The summed E-state index contributed by atoms with van der Waals surface area (Å²) in [6, 6.07) is 10.6. The molecule has 206 valence electrons. The highest BCUT2D eigenvalue weighted by Gasteiger charge is 2.32. The Bertz CT molecular complexity index is 1370. The maximum Gasteiger partial charge on any atom is 0.416 e. The van der Waals surface area contributed by atoms with Crippen LogP contribution in [-0.2, 0) is 39.2 Å². The van der Waals surface area contributed by atoms with Crippen LogP contribution in [0, 0.1) is 6.92 Å². The Balaban J connectivity index is 1.74. The maximum absolute atomic E-state index is 12.9. The van der Waals surface area contributed by atoms with Gasteiger partial charge in [-0.1, -0.05) is 12.1 Å². The molecule has 2 aromatic carbocycles. The molecule has 1 heterocycles. The van der Waals surface area contributed by atoms with E-state index in [-0.39, 0.29) is 25.1 Å². The van der Waals surface area contributed by atoms with Crippen LogP contribution in [0.2, 0.25) is 0 Å². The van der Waals surface area contributed by atoms with Gasteiger partial charge in [0.15, 0.2) is 0 Å². The molecule has 0 saturated heterocycles. The third-order valence-electron chi connectivity index (χ3n) is 5.52. The van der Waals surface area contributed by atoms with Crippen LogP contribution in [0.5, 0.6) is 5.75 Å². The number of rotatable bonds is 10. The number of aryl methyl sites for hydroxylation is 1. The first-order chi connectivity index (χ1) is 17.7. The third-order valence-corrected chi connectivity index (χ3v) is 7.38. The van der Waals surface area contributed by atoms with Crippen molar-refractivity contribution < 1.29 is 40.4 Å². The number of aromatic nitrogens is 1. The lowest BCUT2D eigenvalue weighted by molar-refractivity contribution is -0.168. The molecule has 3 aromatic rings. The monoisotopic (exact) mass is 555 g/mol. The molecule has 13 heteroatoms. The standard InChI is InChI=1S/C25H28F3N3O6S/c1-16(2)30(5)38(33,34)31(37-18(4)32)14-19-7-6-8-22(13-19)35-15-23-17(3)36-24(29-23)20-9-11-21(12-10-20)25(26,27)28/h6-13,16H,14-15H2,1-5H3. The number of oxazole rings is 1. The third kappa shape index (κ3) is 7.11. The summed E-state index contributed by atoms with van der Waals surface area (Å²) in [6.07, 6.45) is -4.44. The van der Waals surface area contributed by atoms with E-state index in [0.29, 0.717) is 32.8 Å². The molecule has 0 fully saturated rings. The second kappa shape index (κ2) is 11.5. The zero-order valence-electron chi connectivity index (χ0n) is 21.4. The minimum atomic E-state index is -4.44. The zero-order valence-corrected chi connectivity index (χ0v) is 22.3. The second-order valence-corrected chi connectivity index (χ2v) is 10.6. The molecule has 38 heavy (non-hydrogen) atoms. The summed E-state index contributed by atoms with van der Waals surface area (Å²) >= 11 is 0. The number of nitrogens with zero attached hydrogens (tertiary/aromatic N) is 3. The molecule has 3 rings (SSSR count). The van der Waals surface area contributed by atoms with Crippen LogP contribution in [0.3, 0.4) is 0 Å². The summed E-state index contributed by atoms with van der Waals surface area (Å²) in [6.45, 7) is 5.87. The van der Waals surface area contributed by atoms with E-state index in [9.17, 15) is 26.4 Å². The average Bonchev–Trinajstić information content (AvgIpc) is 3.21. The fourth-order valence-electron chi connectivity index (χ4n) is 3.24. The molecule has 0 bridgehead atoms. The number of hydrogen-bond acceptors (Lipinski definition) is 7. The van der Waals surface area contributed by atoms with Gasteiger partial charge in [-0.2, -0.15) is 25.9 Å². The van der Waals surface area contributed by atoms with Crippen LogP contribution in [0.4, 0.5) is 13.2 Å². The van der Waals surface area contributed by atoms with Crippen LogP contribution in [0.25, 0.3) is 11.5 Å². The van der Waals surface area contributed by atoms with Crippen molar-refractivity contribution in [3.05, 3.63) is 71.1 Å². The summed E-state index contributed by atoms with van der Waals surface area (Å²) in [4.78, 5) is 20.9. The van der Waals surface area contributed by atoms with Crippen molar-refractivity contribution in [3.8, 4) is 17.2 Å². The van der Waals surface area contributed by atoms with Gasteiger partial charge in [-0.3, -0.25) is 4.79 Å². The smallest absolute Gasteiger partial charge is 0.416 e. The highest BCUT2D eigenvalue weighted by Crippen LogP contribution is 2.31. The Morgan fingerprint density at radius 1 is 1.13 bits per heavy atom. The minimum Gasteiger partial charge on any atom is -0.487 e. The van der Waals surface area contributed by atoms with Crippen molar-refractivity contribution in [2.24, 2.45) is 0 Å². The lowest BCUT2D eigenvalue weighted by atomic mass is 10.1. The Morgan fingerprint density at radius 3 is 2.37 bits per heavy atom. The van der Waals surface area contributed by atoms with E-state index in [1.807, 2.05) is 0 Å². The van der Waals surface area contributed by atoms with Gasteiger partial charge in [-0.05, 0) is 67.2 Å². The summed E-state index contributed by atoms with van der Waals surface area (Å²) in [5.41, 5.74) is 0.538. The number of hydroxylamine groups is 1. The van der Waals surface area contributed by atoms with Crippen molar-refractivity contribution in [3.63, 3.8) is 0 Å². The molecule has 1 aromatic heterocycles. The van der Waals surface area contributed by atoms with E-state index < -0.39 is 27.9 Å². The van der Waals surface area contributed by atoms with E-state index in [0.717, 1.165) is 23.4 Å². The number of carbonyl (C=O) groups excluding carboxylic acids is 1. The van der Waals surface area contributed by atoms with Crippen molar-refractivity contribution in [1.29, 1.82) is 0 Å². The number of ether oxygens (including phenoxy) is 1. The first-order valence-corrected chi connectivity index (χ1v) is 12.9. The summed E-state index contributed by atoms with van der Waals surface area (Å²) in [7, 11) is -2.72. The first kappa shape index (κ1) is 29.1. The SMILES string of the molecule is CC(=O)ON(Cc1cccc(OCc2nc(-c3ccc(C(F)(F)F)cc3)oc2C)c1)S(=O)(=O)N(C)C(C)C. The summed E-state index contributed by atoms with van der Waals surface area (Å²) in [5.74, 6) is 0.182. The molecule has 9 nitrogen and oxygen atoms in total. The zero-order chi connectivity index (χ0) is 28.3. The lowest BCUT2D eigenvalue weighted by Crippen LogP contribution is -2.45. The molecule has 0 aliphatic heterocycles. The van der Waals surface area contributed by atoms with Crippen molar-refractivity contribution >= 4 is 16.2 Å². The first-order valence-electron chi connectivity index (χ1n) is 11.5. The Hall–Kier alpha value is -3.42. The summed E-state index contributed by atoms with van der Waals surface area (Å²) < 4.78 is 77.4. The predicted molar refractivity (Wildman–Crippen MR) is 132 cm³/mol. The molecule has 0 radical (unpaired) electrons. The fourth-order valence-corrected chi connectivity index (χ4v) is 4.57. The lowest BCUT2D eigenvalue weighted by Gasteiger charge is -2.28. The normalized spacial score (nSPS) is 12.4. The van der Waals surface area contributed by atoms with Crippen molar-refractivity contribution in [2.75, 3.05) is 7.05 Å².